The number of carbonyl (C=O) groups is 2. The van der Waals surface area contributed by atoms with E-state index in [-0.39, 0.29) is 18.1 Å². The van der Waals surface area contributed by atoms with Crippen LogP contribution in [-0.2, 0) is 4.79 Å². The van der Waals surface area contributed by atoms with Crippen LogP contribution in [0, 0.1) is 11.8 Å². The van der Waals surface area contributed by atoms with Crippen LogP contribution < -0.4 is 0 Å². The Kier molecular flexibility index (Phi) is 3.75. The predicted octanol–water partition coefficient (Wildman–Crippen LogP) is 0.216. The number of hydrogen-bond acceptors (Lipinski definition) is 3. The largest absolute Gasteiger partial charge is 0.481 e. The zero-order valence-electron chi connectivity index (χ0n) is 10.6. The fourth-order valence-corrected chi connectivity index (χ4v) is 2.70. The third-order valence-electron chi connectivity index (χ3n) is 3.94. The Morgan fingerprint density at radius 2 is 1.72 bits per heavy atom. The number of amides is 2. The van der Waals surface area contributed by atoms with Gasteiger partial charge in [-0.2, -0.15) is 0 Å². The summed E-state index contributed by atoms with van der Waals surface area (Å²) in [5, 5.41) is 18.4. The van der Waals surface area contributed by atoms with Crippen LogP contribution >= 0.6 is 0 Å². The Morgan fingerprint density at radius 3 is 2.22 bits per heavy atom. The molecule has 0 aromatic carbocycles. The number of aliphatic carboxylic acids is 1. The zero-order valence-corrected chi connectivity index (χ0v) is 10.6. The Morgan fingerprint density at radius 1 is 1.11 bits per heavy atom. The summed E-state index contributed by atoms with van der Waals surface area (Å²) < 4.78 is 0. The maximum absolute atomic E-state index is 12.2. The second-order valence-corrected chi connectivity index (χ2v) is 5.33. The van der Waals surface area contributed by atoms with E-state index < -0.39 is 11.9 Å². The van der Waals surface area contributed by atoms with Gasteiger partial charge in [-0.1, -0.05) is 6.92 Å². The lowest BCUT2D eigenvalue weighted by molar-refractivity contribution is -0.142. The highest BCUT2D eigenvalue weighted by molar-refractivity contribution is 5.77. The second kappa shape index (κ2) is 5.14. The van der Waals surface area contributed by atoms with Gasteiger partial charge in [-0.05, 0) is 18.8 Å². The molecule has 2 heterocycles. The van der Waals surface area contributed by atoms with Crippen molar-refractivity contribution < 1.29 is 19.8 Å². The van der Waals surface area contributed by atoms with Gasteiger partial charge in [-0.15, -0.1) is 0 Å². The van der Waals surface area contributed by atoms with Gasteiger partial charge < -0.3 is 20.0 Å². The van der Waals surface area contributed by atoms with Crippen LogP contribution in [0.15, 0.2) is 0 Å². The maximum atomic E-state index is 12.2. The highest BCUT2D eigenvalue weighted by atomic mass is 16.4. The molecule has 0 radical (unpaired) electrons. The predicted molar refractivity (Wildman–Crippen MR) is 64.1 cm³/mol. The van der Waals surface area contributed by atoms with Gasteiger partial charge in [0.2, 0.25) is 0 Å². The number of carbonyl (C=O) groups excluding carboxylic acids is 1. The fraction of sp³-hybridized carbons (Fsp3) is 0.833. The number of carboxylic acid groups (broad SMARTS) is 1. The van der Waals surface area contributed by atoms with Crippen molar-refractivity contribution >= 4 is 12.0 Å². The Bertz CT molecular complexity index is 339. The molecule has 102 valence electrons. The lowest BCUT2D eigenvalue weighted by Gasteiger charge is -2.32. The molecule has 6 nitrogen and oxygen atoms in total. The molecule has 6 heteroatoms. The minimum atomic E-state index is -0.827. The molecule has 0 aromatic rings. The van der Waals surface area contributed by atoms with Crippen molar-refractivity contribution in [3.8, 4) is 0 Å². The average molecular weight is 256 g/mol. The molecule has 2 fully saturated rings. The fourth-order valence-electron chi connectivity index (χ4n) is 2.70. The van der Waals surface area contributed by atoms with Crippen molar-refractivity contribution in [2.45, 2.75) is 25.9 Å². The molecular weight excluding hydrogens is 236 g/mol. The number of piperidine rings is 1. The Hall–Kier alpha value is -1.30. The lowest BCUT2D eigenvalue weighted by atomic mass is 9.99. The van der Waals surface area contributed by atoms with E-state index in [0.29, 0.717) is 39.0 Å². The van der Waals surface area contributed by atoms with Crippen LogP contribution in [0.5, 0.6) is 0 Å². The zero-order chi connectivity index (χ0) is 13.3. The third kappa shape index (κ3) is 2.58. The maximum Gasteiger partial charge on any atom is 0.320 e. The molecule has 2 saturated heterocycles. The molecular formula is C12H20N2O4. The third-order valence-corrected chi connectivity index (χ3v) is 3.94. The second-order valence-electron chi connectivity index (χ2n) is 5.33. The van der Waals surface area contributed by atoms with Gasteiger partial charge in [0.15, 0.2) is 0 Å². The normalized spacial score (nSPS) is 29.7. The number of aliphatic hydroxyl groups excluding tert-OH is 1. The van der Waals surface area contributed by atoms with Crippen molar-refractivity contribution in [3.05, 3.63) is 0 Å². The summed E-state index contributed by atoms with van der Waals surface area (Å²) in [6, 6.07) is -0.0856. The highest BCUT2D eigenvalue weighted by Gasteiger charge is 2.38. The molecule has 2 aliphatic rings. The molecule has 2 N–H and O–H groups in total. The van der Waals surface area contributed by atoms with Crippen molar-refractivity contribution in [2.24, 2.45) is 11.8 Å². The molecule has 18 heavy (non-hydrogen) atoms. The monoisotopic (exact) mass is 256 g/mol. The first kappa shape index (κ1) is 13.1. The summed E-state index contributed by atoms with van der Waals surface area (Å²) >= 11 is 0. The molecule has 2 atom stereocenters. The van der Waals surface area contributed by atoms with Crippen LogP contribution in [0.25, 0.3) is 0 Å². The Labute approximate surface area is 106 Å². The molecule has 0 spiro atoms. The van der Waals surface area contributed by atoms with Crippen molar-refractivity contribution in [3.63, 3.8) is 0 Å². The summed E-state index contributed by atoms with van der Waals surface area (Å²) in [6.07, 6.45) is 0.910. The summed E-state index contributed by atoms with van der Waals surface area (Å²) in [7, 11) is 0. The van der Waals surface area contributed by atoms with Gasteiger partial charge in [0.05, 0.1) is 12.0 Å². The van der Waals surface area contributed by atoms with Crippen LogP contribution in [0.2, 0.25) is 0 Å². The van der Waals surface area contributed by atoms with Crippen molar-refractivity contribution in [2.75, 3.05) is 26.2 Å². The number of carboxylic acids is 1. The van der Waals surface area contributed by atoms with Gasteiger partial charge in [-0.3, -0.25) is 4.79 Å². The van der Waals surface area contributed by atoms with Gasteiger partial charge in [-0.25, -0.2) is 4.79 Å². The molecule has 2 unspecified atom stereocenters. The molecule has 0 saturated carbocycles. The number of nitrogens with zero attached hydrogens (tertiary/aromatic N) is 2. The van der Waals surface area contributed by atoms with E-state index in [2.05, 4.69) is 0 Å². The van der Waals surface area contributed by atoms with E-state index in [4.69, 9.17) is 5.11 Å². The highest BCUT2D eigenvalue weighted by Crippen LogP contribution is 2.25. The minimum absolute atomic E-state index is 0.00170. The smallest absolute Gasteiger partial charge is 0.320 e. The number of urea groups is 1. The van der Waals surface area contributed by atoms with E-state index in [9.17, 15) is 14.7 Å². The number of rotatable bonds is 1. The van der Waals surface area contributed by atoms with Gasteiger partial charge >= 0.3 is 12.0 Å². The SMILES string of the molecule is CC1CN(C(=O)N2CCC(O)CC2)CC1C(=O)O. The van der Waals surface area contributed by atoms with Crippen molar-refractivity contribution in [1.82, 2.24) is 9.80 Å². The van der Waals surface area contributed by atoms with Crippen LogP contribution in [-0.4, -0.2) is 64.3 Å². The van der Waals surface area contributed by atoms with E-state index in [0.717, 1.165) is 0 Å². The summed E-state index contributed by atoms with van der Waals surface area (Å²) in [5.41, 5.74) is 0. The Balaban J connectivity index is 1.92. The van der Waals surface area contributed by atoms with Crippen LogP contribution in [0.3, 0.4) is 0 Å². The van der Waals surface area contributed by atoms with E-state index in [1.807, 2.05) is 6.92 Å². The molecule has 2 rings (SSSR count). The molecule has 2 aliphatic heterocycles. The van der Waals surface area contributed by atoms with E-state index in [1.54, 1.807) is 9.80 Å². The number of hydrogen-bond donors (Lipinski definition) is 2. The standard InChI is InChI=1S/C12H20N2O4/c1-8-6-14(7-10(8)11(16)17)12(18)13-4-2-9(15)3-5-13/h8-10,15H,2-7H2,1H3,(H,16,17). The molecule has 0 bridgehead atoms. The quantitative estimate of drug-likeness (QED) is 0.703. The average Bonchev–Trinajstić information content (AvgIpc) is 2.71. The van der Waals surface area contributed by atoms with Gasteiger partial charge in [0, 0.05) is 26.2 Å². The lowest BCUT2D eigenvalue weighted by Crippen LogP contribution is -2.47. The van der Waals surface area contributed by atoms with Crippen LogP contribution in [0.1, 0.15) is 19.8 Å². The summed E-state index contributed by atoms with van der Waals surface area (Å²) in [4.78, 5) is 26.6. The number of aliphatic hydroxyl groups is 1. The molecule has 0 aromatic heterocycles. The first-order valence-electron chi connectivity index (χ1n) is 6.43. The summed E-state index contributed by atoms with van der Waals surface area (Å²) in [6.45, 7) is 3.79. The molecule has 0 aliphatic carbocycles. The number of likely N-dealkylation sites (tertiary alicyclic amines) is 2. The van der Waals surface area contributed by atoms with Crippen LogP contribution in [0.4, 0.5) is 4.79 Å². The van der Waals surface area contributed by atoms with E-state index in [1.165, 1.54) is 0 Å². The topological polar surface area (TPSA) is 81.1 Å². The molecule has 2 amide bonds. The first-order valence-corrected chi connectivity index (χ1v) is 6.43. The summed E-state index contributed by atoms with van der Waals surface area (Å²) in [5.74, 6) is -1.28. The minimum Gasteiger partial charge on any atom is -0.481 e. The van der Waals surface area contributed by atoms with Gasteiger partial charge in [0.25, 0.3) is 0 Å². The first-order chi connectivity index (χ1) is 8.49. The van der Waals surface area contributed by atoms with Gasteiger partial charge in [0.1, 0.15) is 0 Å². The van der Waals surface area contributed by atoms with E-state index >= 15 is 0 Å². The van der Waals surface area contributed by atoms with Crippen molar-refractivity contribution in [1.29, 1.82) is 0 Å².